The molecular formula is C12H18N4. The van der Waals surface area contributed by atoms with Gasteiger partial charge in [0.2, 0.25) is 0 Å². The van der Waals surface area contributed by atoms with Crippen molar-refractivity contribution in [2.45, 2.75) is 26.3 Å². The molecule has 1 unspecified atom stereocenters. The maximum atomic E-state index is 4.59. The highest BCUT2D eigenvalue weighted by Crippen LogP contribution is 2.12. The van der Waals surface area contributed by atoms with Crippen molar-refractivity contribution in [1.82, 2.24) is 19.9 Å². The zero-order valence-electron chi connectivity index (χ0n) is 10.1. The zero-order valence-corrected chi connectivity index (χ0v) is 10.1. The van der Waals surface area contributed by atoms with Crippen molar-refractivity contribution < 1.29 is 0 Å². The average molecular weight is 218 g/mol. The molecule has 86 valence electrons. The van der Waals surface area contributed by atoms with Gasteiger partial charge in [-0.3, -0.25) is 0 Å². The summed E-state index contributed by atoms with van der Waals surface area (Å²) in [6.45, 7) is 5.28. The Morgan fingerprint density at radius 3 is 3.00 bits per heavy atom. The first kappa shape index (κ1) is 11.1. The molecule has 1 atom stereocenters. The maximum Gasteiger partial charge on any atom is 0.159 e. The molecule has 0 amide bonds. The van der Waals surface area contributed by atoms with E-state index in [4.69, 9.17) is 0 Å². The first-order valence-corrected chi connectivity index (χ1v) is 5.72. The summed E-state index contributed by atoms with van der Waals surface area (Å²) in [5, 5.41) is 3.39. The van der Waals surface area contributed by atoms with Crippen molar-refractivity contribution in [1.29, 1.82) is 0 Å². The molecular weight excluding hydrogens is 200 g/mol. The smallest absolute Gasteiger partial charge is 0.159 e. The van der Waals surface area contributed by atoms with Crippen LogP contribution in [-0.4, -0.2) is 27.1 Å². The lowest BCUT2D eigenvalue weighted by Crippen LogP contribution is -2.28. The molecule has 4 nitrogen and oxygen atoms in total. The summed E-state index contributed by atoms with van der Waals surface area (Å²) in [4.78, 5) is 8.93. The predicted molar refractivity (Wildman–Crippen MR) is 65.4 cm³/mol. The Bertz CT molecular complexity index is 475. The summed E-state index contributed by atoms with van der Waals surface area (Å²) in [7, 11) is 2.02. The van der Waals surface area contributed by atoms with E-state index in [1.54, 1.807) is 0 Å². The molecule has 16 heavy (non-hydrogen) atoms. The Morgan fingerprint density at radius 1 is 1.50 bits per heavy atom. The molecule has 2 aromatic rings. The van der Waals surface area contributed by atoms with Crippen molar-refractivity contribution in [2.24, 2.45) is 7.05 Å². The third-order valence-corrected chi connectivity index (χ3v) is 2.76. The fourth-order valence-corrected chi connectivity index (χ4v) is 1.95. The van der Waals surface area contributed by atoms with Gasteiger partial charge in [-0.1, -0.05) is 6.92 Å². The zero-order chi connectivity index (χ0) is 11.5. The van der Waals surface area contributed by atoms with Crippen molar-refractivity contribution in [3.05, 3.63) is 24.2 Å². The minimum absolute atomic E-state index is 0.445. The number of likely N-dealkylation sites (N-methyl/N-ethyl adjacent to an activating group) is 1. The van der Waals surface area contributed by atoms with E-state index in [0.29, 0.717) is 6.04 Å². The Balaban J connectivity index is 2.27. The SMILES string of the molecule is CCNC(C)Cc1nc2cccnc2n1C. The normalized spacial score (nSPS) is 13.2. The average Bonchev–Trinajstić information content (AvgIpc) is 2.57. The lowest BCUT2D eigenvalue weighted by Gasteiger charge is -2.11. The fourth-order valence-electron chi connectivity index (χ4n) is 1.95. The van der Waals surface area contributed by atoms with Gasteiger partial charge in [-0.05, 0) is 25.6 Å². The van der Waals surface area contributed by atoms with Crippen LogP contribution < -0.4 is 5.32 Å². The number of hydrogen-bond donors (Lipinski definition) is 1. The maximum absolute atomic E-state index is 4.59. The van der Waals surface area contributed by atoms with Crippen LogP contribution in [0.5, 0.6) is 0 Å². The standard InChI is InChI=1S/C12H18N4/c1-4-13-9(2)8-11-15-10-6-5-7-14-12(10)16(11)3/h5-7,9,13H,4,8H2,1-3H3. The van der Waals surface area contributed by atoms with E-state index in [1.165, 1.54) is 0 Å². The monoisotopic (exact) mass is 218 g/mol. The minimum atomic E-state index is 0.445. The number of aromatic nitrogens is 3. The number of pyridine rings is 1. The van der Waals surface area contributed by atoms with E-state index in [9.17, 15) is 0 Å². The van der Waals surface area contributed by atoms with Gasteiger partial charge in [0.25, 0.3) is 0 Å². The van der Waals surface area contributed by atoms with Gasteiger partial charge < -0.3 is 9.88 Å². The molecule has 0 aliphatic heterocycles. The van der Waals surface area contributed by atoms with E-state index >= 15 is 0 Å². The molecule has 0 saturated heterocycles. The van der Waals surface area contributed by atoms with Crippen LogP contribution in [0.2, 0.25) is 0 Å². The Kier molecular flexibility index (Phi) is 3.19. The summed E-state index contributed by atoms with van der Waals surface area (Å²) in [6.07, 6.45) is 2.74. The van der Waals surface area contributed by atoms with Crippen LogP contribution in [-0.2, 0) is 13.5 Å². The largest absolute Gasteiger partial charge is 0.316 e. The molecule has 2 rings (SSSR count). The number of hydrogen-bond acceptors (Lipinski definition) is 3. The van der Waals surface area contributed by atoms with Gasteiger partial charge in [0.1, 0.15) is 11.3 Å². The Labute approximate surface area is 95.7 Å². The van der Waals surface area contributed by atoms with E-state index < -0.39 is 0 Å². The summed E-state index contributed by atoms with van der Waals surface area (Å²) >= 11 is 0. The topological polar surface area (TPSA) is 42.7 Å². The molecule has 0 saturated carbocycles. The molecule has 0 aliphatic carbocycles. The molecule has 0 fully saturated rings. The van der Waals surface area contributed by atoms with Gasteiger partial charge >= 0.3 is 0 Å². The van der Waals surface area contributed by atoms with Crippen molar-refractivity contribution in [2.75, 3.05) is 6.54 Å². The van der Waals surface area contributed by atoms with Gasteiger partial charge in [-0.15, -0.1) is 0 Å². The Hall–Kier alpha value is -1.42. The van der Waals surface area contributed by atoms with Gasteiger partial charge in [0.05, 0.1) is 0 Å². The second-order valence-corrected chi connectivity index (χ2v) is 4.10. The van der Waals surface area contributed by atoms with Gasteiger partial charge in [-0.25, -0.2) is 9.97 Å². The van der Waals surface area contributed by atoms with Crippen LogP contribution in [0.25, 0.3) is 11.2 Å². The van der Waals surface area contributed by atoms with E-state index in [0.717, 1.165) is 30.0 Å². The summed E-state index contributed by atoms with van der Waals surface area (Å²) < 4.78 is 2.07. The number of fused-ring (bicyclic) bond motifs is 1. The van der Waals surface area contributed by atoms with Crippen LogP contribution in [0.15, 0.2) is 18.3 Å². The van der Waals surface area contributed by atoms with Crippen molar-refractivity contribution >= 4 is 11.2 Å². The summed E-state index contributed by atoms with van der Waals surface area (Å²) in [5.74, 6) is 1.09. The van der Waals surface area contributed by atoms with E-state index in [2.05, 4.69) is 33.7 Å². The van der Waals surface area contributed by atoms with E-state index in [1.807, 2.05) is 25.4 Å². The molecule has 2 aromatic heterocycles. The predicted octanol–water partition coefficient (Wildman–Crippen LogP) is 1.51. The third kappa shape index (κ3) is 2.07. The number of imidazole rings is 1. The molecule has 0 bridgehead atoms. The molecule has 0 aromatic carbocycles. The first-order valence-electron chi connectivity index (χ1n) is 5.72. The lowest BCUT2D eigenvalue weighted by atomic mass is 10.2. The van der Waals surface area contributed by atoms with Crippen LogP contribution in [0, 0.1) is 0 Å². The van der Waals surface area contributed by atoms with E-state index in [-0.39, 0.29) is 0 Å². The summed E-state index contributed by atoms with van der Waals surface area (Å²) in [6, 6.07) is 4.37. The molecule has 1 N–H and O–H groups in total. The second-order valence-electron chi connectivity index (χ2n) is 4.10. The first-order chi connectivity index (χ1) is 7.72. The fraction of sp³-hybridized carbons (Fsp3) is 0.500. The van der Waals surface area contributed by atoms with Gasteiger partial charge in [0, 0.05) is 25.7 Å². The van der Waals surface area contributed by atoms with Crippen LogP contribution in [0.1, 0.15) is 19.7 Å². The number of nitrogens with one attached hydrogen (secondary N) is 1. The summed E-state index contributed by atoms with van der Waals surface area (Å²) in [5.41, 5.74) is 1.94. The third-order valence-electron chi connectivity index (χ3n) is 2.76. The highest BCUT2D eigenvalue weighted by Gasteiger charge is 2.10. The number of rotatable bonds is 4. The number of aryl methyl sites for hydroxylation is 1. The minimum Gasteiger partial charge on any atom is -0.316 e. The van der Waals surface area contributed by atoms with Gasteiger partial charge in [-0.2, -0.15) is 0 Å². The lowest BCUT2D eigenvalue weighted by molar-refractivity contribution is 0.545. The molecule has 0 aliphatic rings. The molecule has 0 radical (unpaired) electrons. The number of nitrogens with zero attached hydrogens (tertiary/aromatic N) is 3. The molecule has 2 heterocycles. The highest BCUT2D eigenvalue weighted by molar-refractivity contribution is 5.70. The van der Waals surface area contributed by atoms with Crippen molar-refractivity contribution in [3.8, 4) is 0 Å². The van der Waals surface area contributed by atoms with Gasteiger partial charge in [0.15, 0.2) is 5.65 Å². The highest BCUT2D eigenvalue weighted by atomic mass is 15.1. The van der Waals surface area contributed by atoms with Crippen LogP contribution in [0.4, 0.5) is 0 Å². The molecule has 4 heteroatoms. The second kappa shape index (κ2) is 4.61. The van der Waals surface area contributed by atoms with Crippen LogP contribution in [0.3, 0.4) is 0 Å². The molecule has 0 spiro atoms. The van der Waals surface area contributed by atoms with Crippen molar-refractivity contribution in [3.63, 3.8) is 0 Å². The van der Waals surface area contributed by atoms with Crippen LogP contribution >= 0.6 is 0 Å². The Morgan fingerprint density at radius 2 is 2.31 bits per heavy atom. The quantitative estimate of drug-likeness (QED) is 0.846.